The molecule has 1 aliphatic rings. The van der Waals surface area contributed by atoms with Crippen LogP contribution in [0.15, 0.2) is 36.4 Å². The van der Waals surface area contributed by atoms with Gasteiger partial charge in [-0.15, -0.1) is 0 Å². The molecule has 0 aliphatic carbocycles. The molecule has 0 fully saturated rings. The molecule has 0 saturated heterocycles. The van der Waals surface area contributed by atoms with Gasteiger partial charge in [0.25, 0.3) is 0 Å². The van der Waals surface area contributed by atoms with Crippen molar-refractivity contribution in [1.29, 1.82) is 0 Å². The molecule has 0 unspecified atom stereocenters. The van der Waals surface area contributed by atoms with E-state index in [9.17, 15) is 0 Å². The van der Waals surface area contributed by atoms with E-state index in [4.69, 9.17) is 19.9 Å². The molecule has 0 atom stereocenters. The maximum atomic E-state index is 5.76. The minimum absolute atomic E-state index is 0.446. The average molecular weight is 271 g/mol. The minimum atomic E-state index is 0.446. The molecule has 0 saturated carbocycles. The molecule has 104 valence electrons. The van der Waals surface area contributed by atoms with E-state index in [1.54, 1.807) is 7.11 Å². The Hall–Kier alpha value is -2.20. The smallest absolute Gasteiger partial charge is 0.161 e. The van der Waals surface area contributed by atoms with Crippen molar-refractivity contribution in [1.82, 2.24) is 0 Å². The maximum Gasteiger partial charge on any atom is 0.161 e. The van der Waals surface area contributed by atoms with E-state index >= 15 is 0 Å². The lowest BCUT2D eigenvalue weighted by Gasteiger charge is -2.19. The fraction of sp³-hybridized carbons (Fsp3) is 0.250. The summed E-state index contributed by atoms with van der Waals surface area (Å²) < 4.78 is 16.4. The Bertz CT molecular complexity index is 588. The van der Waals surface area contributed by atoms with Crippen LogP contribution in [-0.2, 0) is 6.54 Å². The Balaban J connectivity index is 2.00. The second-order valence-electron chi connectivity index (χ2n) is 4.59. The summed E-state index contributed by atoms with van der Waals surface area (Å²) in [6, 6.07) is 12.0. The maximum absolute atomic E-state index is 5.76. The summed E-state index contributed by atoms with van der Waals surface area (Å²) in [5, 5.41) is 0. The molecule has 1 aliphatic heterocycles. The van der Waals surface area contributed by atoms with Crippen molar-refractivity contribution < 1.29 is 14.2 Å². The van der Waals surface area contributed by atoms with Gasteiger partial charge in [-0.1, -0.05) is 12.1 Å². The van der Waals surface area contributed by atoms with Crippen LogP contribution < -0.4 is 19.9 Å². The first-order valence-corrected chi connectivity index (χ1v) is 6.59. The molecular weight excluding hydrogens is 254 g/mol. The first kappa shape index (κ1) is 12.8. The standard InChI is InChI=1S/C16H17NO3/c1-18-14-4-2-11(8-13(14)10-17)12-3-5-15-16(9-12)20-7-6-19-15/h2-5,8-9H,6-7,10,17H2,1H3. The molecule has 4 nitrogen and oxygen atoms in total. The summed E-state index contributed by atoms with van der Waals surface area (Å²) in [6.07, 6.45) is 0. The molecule has 20 heavy (non-hydrogen) atoms. The lowest BCUT2D eigenvalue weighted by Crippen LogP contribution is -2.15. The van der Waals surface area contributed by atoms with Crippen LogP contribution in [0.4, 0.5) is 0 Å². The number of fused-ring (bicyclic) bond motifs is 1. The number of benzene rings is 2. The van der Waals surface area contributed by atoms with Crippen LogP contribution in [0, 0.1) is 0 Å². The number of ether oxygens (including phenoxy) is 3. The zero-order valence-electron chi connectivity index (χ0n) is 11.4. The zero-order valence-corrected chi connectivity index (χ0v) is 11.4. The molecule has 1 heterocycles. The van der Waals surface area contributed by atoms with Gasteiger partial charge in [0.05, 0.1) is 7.11 Å². The Morgan fingerprint density at radius 3 is 2.45 bits per heavy atom. The van der Waals surface area contributed by atoms with Crippen LogP contribution >= 0.6 is 0 Å². The normalized spacial score (nSPS) is 13.1. The summed E-state index contributed by atoms with van der Waals surface area (Å²) in [7, 11) is 1.65. The molecule has 4 heteroatoms. The third-order valence-corrected chi connectivity index (χ3v) is 3.38. The second kappa shape index (κ2) is 5.43. The van der Waals surface area contributed by atoms with E-state index in [1.807, 2.05) is 36.4 Å². The number of hydrogen-bond acceptors (Lipinski definition) is 4. The molecule has 0 bridgehead atoms. The van der Waals surface area contributed by atoms with Crippen LogP contribution in [-0.4, -0.2) is 20.3 Å². The lowest BCUT2D eigenvalue weighted by atomic mass is 10.0. The molecule has 0 spiro atoms. The Kier molecular flexibility index (Phi) is 3.48. The van der Waals surface area contributed by atoms with Crippen molar-refractivity contribution in [3.8, 4) is 28.4 Å². The van der Waals surface area contributed by atoms with Crippen molar-refractivity contribution in [2.45, 2.75) is 6.54 Å². The van der Waals surface area contributed by atoms with Gasteiger partial charge in [0.2, 0.25) is 0 Å². The summed E-state index contributed by atoms with van der Waals surface area (Å²) in [6.45, 7) is 1.64. The molecular formula is C16H17NO3. The van der Waals surface area contributed by atoms with Crippen LogP contribution in [0.2, 0.25) is 0 Å². The van der Waals surface area contributed by atoms with Crippen LogP contribution in [0.25, 0.3) is 11.1 Å². The largest absolute Gasteiger partial charge is 0.496 e. The van der Waals surface area contributed by atoms with Gasteiger partial charge < -0.3 is 19.9 Å². The summed E-state index contributed by atoms with van der Waals surface area (Å²) >= 11 is 0. The van der Waals surface area contributed by atoms with Crippen molar-refractivity contribution in [2.75, 3.05) is 20.3 Å². The van der Waals surface area contributed by atoms with E-state index in [2.05, 4.69) is 0 Å². The average Bonchev–Trinajstić information content (AvgIpc) is 2.53. The van der Waals surface area contributed by atoms with Crippen LogP contribution in [0.3, 0.4) is 0 Å². The molecule has 0 radical (unpaired) electrons. The third kappa shape index (κ3) is 2.30. The number of nitrogens with two attached hydrogens (primary N) is 1. The molecule has 0 aromatic heterocycles. The van der Waals surface area contributed by atoms with Crippen LogP contribution in [0.1, 0.15) is 5.56 Å². The van der Waals surface area contributed by atoms with E-state index < -0.39 is 0 Å². The summed E-state index contributed by atoms with van der Waals surface area (Å²) in [4.78, 5) is 0. The number of rotatable bonds is 3. The fourth-order valence-electron chi connectivity index (χ4n) is 2.34. The highest BCUT2D eigenvalue weighted by molar-refractivity contribution is 5.69. The van der Waals surface area contributed by atoms with Crippen LogP contribution in [0.5, 0.6) is 17.2 Å². The van der Waals surface area contributed by atoms with E-state index in [0.717, 1.165) is 33.9 Å². The third-order valence-electron chi connectivity index (χ3n) is 3.38. The monoisotopic (exact) mass is 271 g/mol. The highest BCUT2D eigenvalue weighted by atomic mass is 16.6. The van der Waals surface area contributed by atoms with Crippen molar-refractivity contribution in [2.24, 2.45) is 5.73 Å². The Labute approximate surface area is 118 Å². The highest BCUT2D eigenvalue weighted by Crippen LogP contribution is 2.35. The van der Waals surface area contributed by atoms with Crippen molar-refractivity contribution >= 4 is 0 Å². The van der Waals surface area contributed by atoms with Gasteiger partial charge in [0.15, 0.2) is 11.5 Å². The van der Waals surface area contributed by atoms with Crippen molar-refractivity contribution in [3.05, 3.63) is 42.0 Å². The minimum Gasteiger partial charge on any atom is -0.496 e. The van der Waals surface area contributed by atoms with E-state index in [0.29, 0.717) is 19.8 Å². The molecule has 2 aromatic rings. The van der Waals surface area contributed by atoms with Gasteiger partial charge >= 0.3 is 0 Å². The van der Waals surface area contributed by atoms with Gasteiger partial charge in [0, 0.05) is 12.1 Å². The van der Waals surface area contributed by atoms with E-state index in [1.165, 1.54) is 0 Å². The predicted molar refractivity (Wildman–Crippen MR) is 77.3 cm³/mol. The van der Waals surface area contributed by atoms with Gasteiger partial charge in [-0.05, 0) is 35.4 Å². The predicted octanol–water partition coefficient (Wildman–Crippen LogP) is 2.59. The Morgan fingerprint density at radius 1 is 1.00 bits per heavy atom. The first-order chi connectivity index (χ1) is 9.81. The summed E-state index contributed by atoms with van der Waals surface area (Å²) in [5.41, 5.74) is 8.91. The fourth-order valence-corrected chi connectivity index (χ4v) is 2.34. The lowest BCUT2D eigenvalue weighted by molar-refractivity contribution is 0.171. The van der Waals surface area contributed by atoms with Gasteiger partial charge in [-0.2, -0.15) is 0 Å². The first-order valence-electron chi connectivity index (χ1n) is 6.59. The Morgan fingerprint density at radius 2 is 1.70 bits per heavy atom. The molecule has 2 N–H and O–H groups in total. The molecule has 3 rings (SSSR count). The van der Waals surface area contributed by atoms with E-state index in [-0.39, 0.29) is 0 Å². The number of methoxy groups -OCH3 is 1. The quantitative estimate of drug-likeness (QED) is 0.932. The molecule has 0 amide bonds. The van der Waals surface area contributed by atoms with Crippen molar-refractivity contribution in [3.63, 3.8) is 0 Å². The highest BCUT2D eigenvalue weighted by Gasteiger charge is 2.13. The second-order valence-corrected chi connectivity index (χ2v) is 4.59. The van der Waals surface area contributed by atoms with Gasteiger partial charge in [-0.25, -0.2) is 0 Å². The number of hydrogen-bond donors (Lipinski definition) is 1. The topological polar surface area (TPSA) is 53.7 Å². The zero-order chi connectivity index (χ0) is 13.9. The van der Waals surface area contributed by atoms with Gasteiger partial charge in [0.1, 0.15) is 19.0 Å². The molecule has 2 aromatic carbocycles. The summed E-state index contributed by atoms with van der Waals surface area (Å²) in [5.74, 6) is 2.40. The van der Waals surface area contributed by atoms with Gasteiger partial charge in [-0.3, -0.25) is 0 Å². The SMILES string of the molecule is COc1ccc(-c2ccc3c(c2)OCCO3)cc1CN.